The van der Waals surface area contributed by atoms with Gasteiger partial charge in [-0.05, 0) is 59.6 Å². The molecule has 0 spiro atoms. The van der Waals surface area contributed by atoms with E-state index >= 15 is 0 Å². The Morgan fingerprint density at radius 1 is 1.24 bits per heavy atom. The van der Waals surface area contributed by atoms with Crippen LogP contribution in [-0.2, 0) is 10.0 Å². The number of halogens is 2. The molecule has 0 fully saturated rings. The van der Waals surface area contributed by atoms with Gasteiger partial charge in [0.05, 0.1) is 18.2 Å². The fourth-order valence-corrected chi connectivity index (χ4v) is 4.93. The van der Waals surface area contributed by atoms with Gasteiger partial charge in [0.15, 0.2) is 5.75 Å². The molecule has 136 valence electrons. The van der Waals surface area contributed by atoms with Crippen LogP contribution in [0.15, 0.2) is 45.8 Å². The molecule has 2 aromatic rings. The molecule has 0 amide bonds. The number of benzene rings is 2. The van der Waals surface area contributed by atoms with E-state index in [9.17, 15) is 8.42 Å². The van der Waals surface area contributed by atoms with Crippen LogP contribution in [0.3, 0.4) is 0 Å². The SMILES string of the molecule is CCOc1ccc(C(C)NS(=O)(=O)c2cc(Cl)cc(Br)c2OC)cc1. The third-order valence-corrected chi connectivity index (χ3v) is 5.84. The summed E-state index contributed by atoms with van der Waals surface area (Å²) in [5.41, 5.74) is 0.812. The molecule has 1 unspecified atom stereocenters. The van der Waals surface area contributed by atoms with E-state index < -0.39 is 16.1 Å². The highest BCUT2D eigenvalue weighted by Crippen LogP contribution is 2.35. The summed E-state index contributed by atoms with van der Waals surface area (Å²) in [5, 5.41) is 0.293. The molecule has 0 aliphatic carbocycles. The minimum Gasteiger partial charge on any atom is -0.494 e. The molecule has 0 heterocycles. The van der Waals surface area contributed by atoms with E-state index in [4.69, 9.17) is 21.1 Å². The van der Waals surface area contributed by atoms with Crippen molar-refractivity contribution in [3.05, 3.63) is 51.5 Å². The summed E-state index contributed by atoms with van der Waals surface area (Å²) in [6.07, 6.45) is 0. The summed E-state index contributed by atoms with van der Waals surface area (Å²) in [5.74, 6) is 0.942. The number of rotatable bonds is 7. The molecule has 0 radical (unpaired) electrons. The van der Waals surface area contributed by atoms with Gasteiger partial charge in [-0.1, -0.05) is 23.7 Å². The first kappa shape index (κ1) is 20.0. The predicted molar refractivity (Wildman–Crippen MR) is 102 cm³/mol. The molecule has 1 atom stereocenters. The number of hydrogen-bond acceptors (Lipinski definition) is 4. The first-order valence-electron chi connectivity index (χ1n) is 7.56. The summed E-state index contributed by atoms with van der Waals surface area (Å²) < 4.78 is 39.3. The van der Waals surface area contributed by atoms with Crippen molar-refractivity contribution in [3.8, 4) is 11.5 Å². The molecule has 2 aromatic carbocycles. The van der Waals surface area contributed by atoms with Crippen LogP contribution in [0.25, 0.3) is 0 Å². The highest BCUT2D eigenvalue weighted by molar-refractivity contribution is 9.10. The molecule has 8 heteroatoms. The number of hydrogen-bond donors (Lipinski definition) is 1. The van der Waals surface area contributed by atoms with E-state index in [1.54, 1.807) is 25.1 Å². The molecule has 0 aliphatic heterocycles. The van der Waals surface area contributed by atoms with Gasteiger partial charge < -0.3 is 9.47 Å². The van der Waals surface area contributed by atoms with Crippen LogP contribution < -0.4 is 14.2 Å². The third-order valence-electron chi connectivity index (χ3n) is 3.49. The monoisotopic (exact) mass is 447 g/mol. The summed E-state index contributed by atoms with van der Waals surface area (Å²) in [6, 6.07) is 9.75. The van der Waals surface area contributed by atoms with Crippen molar-refractivity contribution in [1.29, 1.82) is 0 Å². The molecule has 0 saturated heterocycles. The third kappa shape index (κ3) is 4.88. The van der Waals surface area contributed by atoms with Gasteiger partial charge in [-0.15, -0.1) is 0 Å². The molecule has 2 rings (SSSR count). The van der Waals surface area contributed by atoms with Gasteiger partial charge in [0, 0.05) is 11.1 Å². The maximum absolute atomic E-state index is 12.8. The lowest BCUT2D eigenvalue weighted by atomic mass is 10.1. The molecule has 0 aliphatic rings. The highest BCUT2D eigenvalue weighted by atomic mass is 79.9. The van der Waals surface area contributed by atoms with Crippen LogP contribution in [0.5, 0.6) is 11.5 Å². The van der Waals surface area contributed by atoms with Crippen molar-refractivity contribution >= 4 is 37.6 Å². The zero-order valence-electron chi connectivity index (χ0n) is 14.0. The largest absolute Gasteiger partial charge is 0.494 e. The molecule has 0 aromatic heterocycles. The lowest BCUT2D eigenvalue weighted by molar-refractivity contribution is 0.340. The van der Waals surface area contributed by atoms with Crippen LogP contribution in [0.4, 0.5) is 0 Å². The van der Waals surface area contributed by atoms with Crippen molar-refractivity contribution in [3.63, 3.8) is 0 Å². The van der Waals surface area contributed by atoms with Gasteiger partial charge in [0.25, 0.3) is 0 Å². The Morgan fingerprint density at radius 3 is 2.44 bits per heavy atom. The number of sulfonamides is 1. The molecule has 0 saturated carbocycles. The average Bonchev–Trinajstić information content (AvgIpc) is 2.54. The lowest BCUT2D eigenvalue weighted by Crippen LogP contribution is -2.27. The van der Waals surface area contributed by atoms with Crippen LogP contribution in [0, 0.1) is 0 Å². The van der Waals surface area contributed by atoms with E-state index in [2.05, 4.69) is 20.7 Å². The average molecular weight is 449 g/mol. The summed E-state index contributed by atoms with van der Waals surface area (Å²) in [4.78, 5) is -0.0211. The Labute approximate surface area is 161 Å². The second-order valence-corrected chi connectivity index (χ2v) is 8.24. The van der Waals surface area contributed by atoms with Gasteiger partial charge in [0.2, 0.25) is 10.0 Å². The van der Waals surface area contributed by atoms with E-state index in [1.807, 2.05) is 19.1 Å². The fraction of sp³-hybridized carbons (Fsp3) is 0.294. The normalized spacial score (nSPS) is 12.7. The van der Waals surface area contributed by atoms with Gasteiger partial charge in [-0.25, -0.2) is 13.1 Å². The Hall–Kier alpha value is -1.28. The summed E-state index contributed by atoms with van der Waals surface area (Å²) in [7, 11) is -2.43. The Bertz CT molecular complexity index is 840. The molecule has 5 nitrogen and oxygen atoms in total. The zero-order valence-corrected chi connectivity index (χ0v) is 17.2. The molecule has 1 N–H and O–H groups in total. The van der Waals surface area contributed by atoms with E-state index in [0.717, 1.165) is 11.3 Å². The fourth-order valence-electron chi connectivity index (χ4n) is 2.32. The standard InChI is InChI=1S/C17H19BrClNO4S/c1-4-24-14-7-5-12(6-8-14)11(2)20-25(21,22)16-10-13(19)9-15(18)17(16)23-3/h5-11,20H,4H2,1-3H3. The van der Waals surface area contributed by atoms with Crippen molar-refractivity contribution < 1.29 is 17.9 Å². The maximum atomic E-state index is 12.8. The van der Waals surface area contributed by atoms with Gasteiger partial charge >= 0.3 is 0 Å². The first-order chi connectivity index (χ1) is 11.8. The van der Waals surface area contributed by atoms with Crippen molar-refractivity contribution in [1.82, 2.24) is 4.72 Å². The van der Waals surface area contributed by atoms with Gasteiger partial charge in [-0.3, -0.25) is 0 Å². The molecular weight excluding hydrogens is 430 g/mol. The van der Waals surface area contributed by atoms with Crippen LogP contribution in [0.1, 0.15) is 25.5 Å². The zero-order chi connectivity index (χ0) is 18.6. The highest BCUT2D eigenvalue weighted by Gasteiger charge is 2.24. The predicted octanol–water partition coefficient (Wildman–Crippen LogP) is 4.55. The van der Waals surface area contributed by atoms with Gasteiger partial charge in [-0.2, -0.15) is 0 Å². The van der Waals surface area contributed by atoms with Crippen molar-refractivity contribution in [2.75, 3.05) is 13.7 Å². The summed E-state index contributed by atoms with van der Waals surface area (Å²) in [6.45, 7) is 4.24. The number of ether oxygens (including phenoxy) is 2. The van der Waals surface area contributed by atoms with Crippen LogP contribution >= 0.6 is 27.5 Å². The minimum absolute atomic E-state index is 0.0211. The van der Waals surface area contributed by atoms with Crippen LogP contribution in [-0.4, -0.2) is 22.1 Å². The smallest absolute Gasteiger partial charge is 0.244 e. The Kier molecular flexibility index (Phi) is 6.73. The maximum Gasteiger partial charge on any atom is 0.244 e. The molecule has 25 heavy (non-hydrogen) atoms. The Morgan fingerprint density at radius 2 is 1.88 bits per heavy atom. The molecular formula is C17H19BrClNO4S. The topological polar surface area (TPSA) is 64.6 Å². The van der Waals surface area contributed by atoms with E-state index in [0.29, 0.717) is 16.1 Å². The second kappa shape index (κ2) is 8.40. The van der Waals surface area contributed by atoms with Crippen molar-refractivity contribution in [2.24, 2.45) is 0 Å². The van der Waals surface area contributed by atoms with E-state index in [-0.39, 0.29) is 10.6 Å². The molecule has 0 bridgehead atoms. The first-order valence-corrected chi connectivity index (χ1v) is 10.2. The van der Waals surface area contributed by atoms with E-state index in [1.165, 1.54) is 13.2 Å². The minimum atomic E-state index is -3.84. The second-order valence-electron chi connectivity index (χ2n) is 5.26. The number of methoxy groups -OCH3 is 1. The van der Waals surface area contributed by atoms with Crippen LogP contribution in [0.2, 0.25) is 5.02 Å². The lowest BCUT2D eigenvalue weighted by Gasteiger charge is -2.17. The van der Waals surface area contributed by atoms with Crippen molar-refractivity contribution in [2.45, 2.75) is 24.8 Å². The Balaban J connectivity index is 2.29. The number of nitrogens with one attached hydrogen (secondary N) is 1. The quantitative estimate of drug-likeness (QED) is 0.675. The van der Waals surface area contributed by atoms with Gasteiger partial charge in [0.1, 0.15) is 10.6 Å². The summed E-state index contributed by atoms with van der Waals surface area (Å²) >= 11 is 9.26.